The largest absolute Gasteiger partial charge is 0.450 e. The zero-order valence-electron chi connectivity index (χ0n) is 13.8. The van der Waals surface area contributed by atoms with Gasteiger partial charge in [-0.05, 0) is 38.7 Å². The maximum absolute atomic E-state index is 12.4. The third kappa shape index (κ3) is 4.33. The SMILES string of the molecule is CCOC(=O)N1CCC(NC(=O)c2ccnc(NC3CC3)n2)CC1. The van der Waals surface area contributed by atoms with Crippen LogP contribution in [0, 0.1) is 0 Å². The number of hydrogen-bond acceptors (Lipinski definition) is 6. The van der Waals surface area contributed by atoms with Crippen LogP contribution in [0.15, 0.2) is 12.3 Å². The lowest BCUT2D eigenvalue weighted by Crippen LogP contribution is -2.46. The molecule has 2 aliphatic rings. The molecule has 1 aliphatic carbocycles. The van der Waals surface area contributed by atoms with Crippen LogP contribution in [0.4, 0.5) is 10.7 Å². The number of anilines is 1. The summed E-state index contributed by atoms with van der Waals surface area (Å²) < 4.78 is 4.99. The first-order valence-corrected chi connectivity index (χ1v) is 8.48. The van der Waals surface area contributed by atoms with Crippen LogP contribution < -0.4 is 10.6 Å². The van der Waals surface area contributed by atoms with Crippen molar-refractivity contribution in [3.05, 3.63) is 18.0 Å². The predicted molar refractivity (Wildman–Crippen MR) is 87.8 cm³/mol. The molecule has 8 nitrogen and oxygen atoms in total. The van der Waals surface area contributed by atoms with Crippen molar-refractivity contribution in [3.63, 3.8) is 0 Å². The fourth-order valence-corrected chi connectivity index (χ4v) is 2.65. The van der Waals surface area contributed by atoms with Gasteiger partial charge in [0.2, 0.25) is 5.95 Å². The Balaban J connectivity index is 1.49. The molecule has 1 aromatic heterocycles. The molecule has 24 heavy (non-hydrogen) atoms. The van der Waals surface area contributed by atoms with E-state index in [-0.39, 0.29) is 18.0 Å². The lowest BCUT2D eigenvalue weighted by molar-refractivity contribution is 0.0856. The molecule has 1 aromatic rings. The smallest absolute Gasteiger partial charge is 0.409 e. The first-order chi connectivity index (χ1) is 11.7. The molecular formula is C16H23N5O3. The van der Waals surface area contributed by atoms with Crippen LogP contribution in [0.25, 0.3) is 0 Å². The fraction of sp³-hybridized carbons (Fsp3) is 0.625. The summed E-state index contributed by atoms with van der Waals surface area (Å²) in [5.74, 6) is 0.299. The minimum absolute atomic E-state index is 0.0398. The molecule has 2 N–H and O–H groups in total. The Bertz CT molecular complexity index is 597. The quantitative estimate of drug-likeness (QED) is 0.845. The number of nitrogens with one attached hydrogen (secondary N) is 2. The number of carbonyl (C=O) groups excluding carboxylic acids is 2. The summed E-state index contributed by atoms with van der Waals surface area (Å²) in [6, 6.07) is 2.09. The van der Waals surface area contributed by atoms with Gasteiger partial charge in [-0.1, -0.05) is 0 Å². The molecule has 0 atom stereocenters. The molecule has 3 rings (SSSR count). The molecule has 0 aromatic carbocycles. The van der Waals surface area contributed by atoms with E-state index < -0.39 is 0 Å². The molecule has 0 spiro atoms. The third-order valence-electron chi connectivity index (χ3n) is 4.15. The van der Waals surface area contributed by atoms with Crippen LogP contribution in [-0.4, -0.2) is 58.6 Å². The van der Waals surface area contributed by atoms with E-state index in [9.17, 15) is 9.59 Å². The number of ether oxygens (including phenoxy) is 1. The Morgan fingerprint density at radius 3 is 2.67 bits per heavy atom. The number of carbonyl (C=O) groups is 2. The fourth-order valence-electron chi connectivity index (χ4n) is 2.65. The maximum atomic E-state index is 12.4. The highest BCUT2D eigenvalue weighted by Crippen LogP contribution is 2.22. The van der Waals surface area contributed by atoms with E-state index in [1.165, 1.54) is 0 Å². The molecule has 130 valence electrons. The summed E-state index contributed by atoms with van der Waals surface area (Å²) in [5, 5.41) is 6.17. The lowest BCUT2D eigenvalue weighted by atomic mass is 10.1. The summed E-state index contributed by atoms with van der Waals surface area (Å²) in [4.78, 5) is 34.1. The lowest BCUT2D eigenvalue weighted by Gasteiger charge is -2.31. The van der Waals surface area contributed by atoms with Crippen LogP contribution in [0.2, 0.25) is 0 Å². The van der Waals surface area contributed by atoms with Crippen molar-refractivity contribution < 1.29 is 14.3 Å². The molecule has 0 radical (unpaired) electrons. The molecule has 1 saturated carbocycles. The summed E-state index contributed by atoms with van der Waals surface area (Å²) in [6.45, 7) is 3.34. The molecule has 2 fully saturated rings. The average molecular weight is 333 g/mol. The molecule has 0 unspecified atom stereocenters. The number of rotatable bonds is 5. The molecule has 2 heterocycles. The predicted octanol–water partition coefficient (Wildman–Crippen LogP) is 1.40. The van der Waals surface area contributed by atoms with Gasteiger partial charge in [0.15, 0.2) is 0 Å². The third-order valence-corrected chi connectivity index (χ3v) is 4.15. The van der Waals surface area contributed by atoms with E-state index >= 15 is 0 Å². The van der Waals surface area contributed by atoms with Crippen LogP contribution in [-0.2, 0) is 4.74 Å². The van der Waals surface area contributed by atoms with Crippen molar-refractivity contribution in [2.24, 2.45) is 0 Å². The van der Waals surface area contributed by atoms with Crippen LogP contribution in [0.1, 0.15) is 43.1 Å². The van der Waals surface area contributed by atoms with Gasteiger partial charge >= 0.3 is 6.09 Å². The van der Waals surface area contributed by atoms with Crippen molar-refractivity contribution >= 4 is 17.9 Å². The number of likely N-dealkylation sites (tertiary alicyclic amines) is 1. The monoisotopic (exact) mass is 333 g/mol. The topological polar surface area (TPSA) is 96.5 Å². The van der Waals surface area contributed by atoms with Gasteiger partial charge in [-0.25, -0.2) is 14.8 Å². The van der Waals surface area contributed by atoms with Crippen LogP contribution in [0.5, 0.6) is 0 Å². The highest BCUT2D eigenvalue weighted by atomic mass is 16.6. The molecule has 1 saturated heterocycles. The van der Waals surface area contributed by atoms with Crippen LogP contribution >= 0.6 is 0 Å². The van der Waals surface area contributed by atoms with Crippen LogP contribution in [0.3, 0.4) is 0 Å². The second-order valence-corrected chi connectivity index (χ2v) is 6.12. The van der Waals surface area contributed by atoms with Crippen molar-refractivity contribution in [2.75, 3.05) is 25.0 Å². The molecule has 8 heteroatoms. The minimum atomic E-state index is -0.283. The standard InChI is InChI=1S/C16H23N5O3/c1-2-24-16(23)21-9-6-12(7-10-21)18-14(22)13-5-8-17-15(20-13)19-11-3-4-11/h5,8,11-12H,2-4,6-7,9-10H2,1H3,(H,18,22)(H,17,19,20). The Kier molecular flexibility index (Phi) is 5.12. The van der Waals surface area contributed by atoms with Crippen molar-refractivity contribution in [2.45, 2.75) is 44.7 Å². The van der Waals surface area contributed by atoms with E-state index in [2.05, 4.69) is 20.6 Å². The number of hydrogen-bond donors (Lipinski definition) is 2. The normalized spacial score (nSPS) is 18.1. The Hall–Kier alpha value is -2.38. The van der Waals surface area contributed by atoms with Gasteiger partial charge in [-0.15, -0.1) is 0 Å². The molecule has 2 amide bonds. The minimum Gasteiger partial charge on any atom is -0.450 e. The summed E-state index contributed by atoms with van der Waals surface area (Å²) in [7, 11) is 0. The number of nitrogens with zero attached hydrogens (tertiary/aromatic N) is 3. The average Bonchev–Trinajstić information content (AvgIpc) is 3.40. The Morgan fingerprint density at radius 2 is 2.00 bits per heavy atom. The summed E-state index contributed by atoms with van der Waals surface area (Å²) in [5.41, 5.74) is 0.362. The highest BCUT2D eigenvalue weighted by molar-refractivity contribution is 5.92. The zero-order valence-corrected chi connectivity index (χ0v) is 13.8. The van der Waals surface area contributed by atoms with Gasteiger partial charge < -0.3 is 20.3 Å². The summed E-state index contributed by atoms with van der Waals surface area (Å²) in [6.07, 6.45) is 4.98. The Labute approximate surface area is 141 Å². The second-order valence-electron chi connectivity index (χ2n) is 6.12. The second kappa shape index (κ2) is 7.46. The van der Waals surface area contributed by atoms with E-state index in [0.717, 1.165) is 12.8 Å². The molecule has 1 aliphatic heterocycles. The summed E-state index contributed by atoms with van der Waals surface area (Å²) >= 11 is 0. The maximum Gasteiger partial charge on any atom is 0.409 e. The van der Waals surface area contributed by atoms with Gasteiger partial charge in [-0.3, -0.25) is 4.79 Å². The van der Waals surface area contributed by atoms with Gasteiger partial charge in [0.1, 0.15) is 5.69 Å². The van der Waals surface area contributed by atoms with Gasteiger partial charge in [0, 0.05) is 31.4 Å². The van der Waals surface area contributed by atoms with E-state index in [0.29, 0.717) is 50.2 Å². The molecule has 0 bridgehead atoms. The van der Waals surface area contributed by atoms with Crippen molar-refractivity contribution in [3.8, 4) is 0 Å². The van der Waals surface area contributed by atoms with Crippen molar-refractivity contribution in [1.82, 2.24) is 20.2 Å². The van der Waals surface area contributed by atoms with Gasteiger partial charge in [-0.2, -0.15) is 0 Å². The van der Waals surface area contributed by atoms with Crippen molar-refractivity contribution in [1.29, 1.82) is 0 Å². The number of amides is 2. The van der Waals surface area contributed by atoms with E-state index in [4.69, 9.17) is 4.74 Å². The Morgan fingerprint density at radius 1 is 1.25 bits per heavy atom. The zero-order chi connectivity index (χ0) is 16.9. The number of piperidine rings is 1. The first kappa shape index (κ1) is 16.5. The number of aromatic nitrogens is 2. The van der Waals surface area contributed by atoms with E-state index in [1.54, 1.807) is 24.1 Å². The van der Waals surface area contributed by atoms with Gasteiger partial charge in [0.25, 0.3) is 5.91 Å². The highest BCUT2D eigenvalue weighted by Gasteiger charge is 2.26. The van der Waals surface area contributed by atoms with E-state index in [1.807, 2.05) is 0 Å². The van der Waals surface area contributed by atoms with Gasteiger partial charge in [0.05, 0.1) is 6.61 Å². The first-order valence-electron chi connectivity index (χ1n) is 8.48. The molecular weight excluding hydrogens is 310 g/mol.